The highest BCUT2D eigenvalue weighted by Crippen LogP contribution is 2.38. The summed E-state index contributed by atoms with van der Waals surface area (Å²) in [7, 11) is 1.72. The molecule has 0 unspecified atom stereocenters. The number of hydrogen-bond donors (Lipinski definition) is 1. The van der Waals surface area contributed by atoms with Gasteiger partial charge in [-0.05, 0) is 45.0 Å². The summed E-state index contributed by atoms with van der Waals surface area (Å²) in [6, 6.07) is 3.80. The van der Waals surface area contributed by atoms with E-state index < -0.39 is 0 Å². The fourth-order valence-electron chi connectivity index (χ4n) is 3.18. The lowest BCUT2D eigenvalue weighted by molar-refractivity contribution is 0.0247. The number of likely N-dealkylation sites (N-methyl/N-ethyl adjacent to an activating group) is 1. The van der Waals surface area contributed by atoms with E-state index in [0.29, 0.717) is 35.3 Å². The Morgan fingerprint density at radius 1 is 1.42 bits per heavy atom. The predicted octanol–water partition coefficient (Wildman–Crippen LogP) is 3.09. The van der Waals surface area contributed by atoms with Crippen LogP contribution in [-0.2, 0) is 4.74 Å². The molecule has 1 heterocycles. The molecule has 5 nitrogen and oxygen atoms in total. The molecular weight excluding hydrogens is 326 g/mol. The van der Waals surface area contributed by atoms with Crippen LogP contribution in [0.2, 0.25) is 5.15 Å². The molecule has 1 aliphatic rings. The summed E-state index contributed by atoms with van der Waals surface area (Å²) in [4.78, 5) is 19.2. The SMILES string of the molecule is CCN(CC)[C@@H](C)CNC(=O)c1cc(Cl)nc(C2CC(OC)C2)c1. The highest BCUT2D eigenvalue weighted by molar-refractivity contribution is 6.29. The van der Waals surface area contributed by atoms with Gasteiger partial charge in [-0.3, -0.25) is 9.69 Å². The van der Waals surface area contributed by atoms with E-state index in [1.165, 1.54) is 0 Å². The van der Waals surface area contributed by atoms with Gasteiger partial charge in [-0.2, -0.15) is 0 Å². The molecule has 1 N–H and O–H groups in total. The van der Waals surface area contributed by atoms with Gasteiger partial charge in [-0.25, -0.2) is 4.98 Å². The van der Waals surface area contributed by atoms with Gasteiger partial charge >= 0.3 is 0 Å². The largest absolute Gasteiger partial charge is 0.381 e. The number of pyridine rings is 1. The van der Waals surface area contributed by atoms with Crippen LogP contribution in [-0.4, -0.2) is 54.7 Å². The molecular formula is C18H28ClN3O2. The van der Waals surface area contributed by atoms with E-state index in [0.717, 1.165) is 31.6 Å². The number of carbonyl (C=O) groups is 1. The fraction of sp³-hybridized carbons (Fsp3) is 0.667. The molecule has 1 aromatic heterocycles. The van der Waals surface area contributed by atoms with Gasteiger partial charge in [0.05, 0.1) is 6.10 Å². The molecule has 6 heteroatoms. The predicted molar refractivity (Wildman–Crippen MR) is 96.7 cm³/mol. The number of amides is 1. The summed E-state index contributed by atoms with van der Waals surface area (Å²) in [5, 5.41) is 3.38. The van der Waals surface area contributed by atoms with Gasteiger partial charge in [0.15, 0.2) is 0 Å². The Balaban J connectivity index is 1.98. The van der Waals surface area contributed by atoms with Crippen LogP contribution in [0, 0.1) is 0 Å². The Hall–Kier alpha value is -1.17. The normalized spacial score (nSPS) is 21.4. The van der Waals surface area contributed by atoms with Crippen LogP contribution in [0.5, 0.6) is 0 Å². The average Bonchev–Trinajstić information content (AvgIpc) is 2.52. The Morgan fingerprint density at radius 2 is 2.08 bits per heavy atom. The lowest BCUT2D eigenvalue weighted by Gasteiger charge is -2.33. The summed E-state index contributed by atoms with van der Waals surface area (Å²) in [5.41, 5.74) is 1.47. The molecule has 2 rings (SSSR count). The minimum Gasteiger partial charge on any atom is -0.381 e. The van der Waals surface area contributed by atoms with Crippen molar-refractivity contribution in [2.24, 2.45) is 0 Å². The molecule has 0 aromatic carbocycles. The zero-order valence-electron chi connectivity index (χ0n) is 15.0. The van der Waals surface area contributed by atoms with Crippen molar-refractivity contribution in [3.05, 3.63) is 28.5 Å². The second kappa shape index (κ2) is 8.79. The third kappa shape index (κ3) is 4.68. The Labute approximate surface area is 149 Å². The van der Waals surface area contributed by atoms with Gasteiger partial charge < -0.3 is 10.1 Å². The molecule has 1 amide bonds. The molecule has 0 bridgehead atoms. The van der Waals surface area contributed by atoms with E-state index in [9.17, 15) is 4.79 Å². The Morgan fingerprint density at radius 3 is 2.67 bits per heavy atom. The molecule has 1 atom stereocenters. The zero-order chi connectivity index (χ0) is 17.7. The van der Waals surface area contributed by atoms with Gasteiger partial charge in [0.1, 0.15) is 5.15 Å². The van der Waals surface area contributed by atoms with E-state index in [1.807, 2.05) is 6.07 Å². The first-order valence-corrected chi connectivity index (χ1v) is 9.08. The van der Waals surface area contributed by atoms with Crippen LogP contribution in [0.1, 0.15) is 55.6 Å². The number of ether oxygens (including phenoxy) is 1. The van der Waals surface area contributed by atoms with Crippen LogP contribution in [0.3, 0.4) is 0 Å². The topological polar surface area (TPSA) is 54.5 Å². The zero-order valence-corrected chi connectivity index (χ0v) is 15.8. The first kappa shape index (κ1) is 19.2. The number of methoxy groups -OCH3 is 1. The van der Waals surface area contributed by atoms with Crippen LogP contribution >= 0.6 is 11.6 Å². The maximum Gasteiger partial charge on any atom is 0.251 e. The molecule has 24 heavy (non-hydrogen) atoms. The third-order valence-electron chi connectivity index (χ3n) is 4.92. The number of hydrogen-bond acceptors (Lipinski definition) is 4. The Kier molecular flexibility index (Phi) is 7.02. The van der Waals surface area contributed by atoms with Crippen molar-refractivity contribution in [2.45, 2.75) is 51.7 Å². The van der Waals surface area contributed by atoms with Crippen molar-refractivity contribution < 1.29 is 9.53 Å². The van der Waals surface area contributed by atoms with Gasteiger partial charge in [0, 0.05) is 36.9 Å². The molecule has 0 saturated heterocycles. The van der Waals surface area contributed by atoms with Crippen molar-refractivity contribution in [3.8, 4) is 0 Å². The fourth-order valence-corrected chi connectivity index (χ4v) is 3.39. The quantitative estimate of drug-likeness (QED) is 0.730. The number of nitrogens with zero attached hydrogens (tertiary/aromatic N) is 2. The molecule has 0 spiro atoms. The van der Waals surface area contributed by atoms with E-state index in [1.54, 1.807) is 13.2 Å². The highest BCUT2D eigenvalue weighted by atomic mass is 35.5. The first-order chi connectivity index (χ1) is 11.5. The average molecular weight is 354 g/mol. The van der Waals surface area contributed by atoms with Crippen LogP contribution in [0.15, 0.2) is 12.1 Å². The summed E-state index contributed by atoms with van der Waals surface area (Å²) in [6.07, 6.45) is 2.16. The van der Waals surface area contributed by atoms with Crippen LogP contribution in [0.25, 0.3) is 0 Å². The molecule has 134 valence electrons. The Bertz CT molecular complexity index is 557. The summed E-state index contributed by atoms with van der Waals surface area (Å²) < 4.78 is 5.31. The molecule has 0 radical (unpaired) electrons. The van der Waals surface area contributed by atoms with Gasteiger partial charge in [0.25, 0.3) is 5.91 Å². The smallest absolute Gasteiger partial charge is 0.251 e. The van der Waals surface area contributed by atoms with E-state index in [2.05, 4.69) is 36.0 Å². The maximum atomic E-state index is 12.5. The number of rotatable bonds is 8. The van der Waals surface area contributed by atoms with E-state index in [4.69, 9.17) is 16.3 Å². The number of halogens is 1. The summed E-state index contributed by atoms with van der Waals surface area (Å²) in [6.45, 7) is 8.94. The van der Waals surface area contributed by atoms with Gasteiger partial charge in [-0.1, -0.05) is 25.4 Å². The van der Waals surface area contributed by atoms with Crippen LogP contribution in [0.4, 0.5) is 0 Å². The third-order valence-corrected chi connectivity index (χ3v) is 5.11. The summed E-state index contributed by atoms with van der Waals surface area (Å²) >= 11 is 6.12. The number of nitrogens with one attached hydrogen (secondary N) is 1. The molecule has 1 fully saturated rings. The van der Waals surface area contributed by atoms with Crippen molar-refractivity contribution in [1.29, 1.82) is 0 Å². The van der Waals surface area contributed by atoms with Crippen molar-refractivity contribution in [2.75, 3.05) is 26.7 Å². The molecule has 0 aliphatic heterocycles. The molecule has 1 aliphatic carbocycles. The van der Waals surface area contributed by atoms with Crippen molar-refractivity contribution >= 4 is 17.5 Å². The van der Waals surface area contributed by atoms with E-state index in [-0.39, 0.29) is 5.91 Å². The molecule has 1 saturated carbocycles. The monoisotopic (exact) mass is 353 g/mol. The van der Waals surface area contributed by atoms with Crippen molar-refractivity contribution in [1.82, 2.24) is 15.2 Å². The summed E-state index contributed by atoms with van der Waals surface area (Å²) in [5.74, 6) is 0.233. The standard InChI is InChI=1S/C18H28ClN3O2/c1-5-22(6-2)12(3)11-20-18(23)14-9-16(21-17(19)10-14)13-7-15(8-13)24-4/h9-10,12-13,15H,5-8,11H2,1-4H3,(H,20,23)/t12-,13?,15?/m0/s1. The first-order valence-electron chi connectivity index (χ1n) is 8.70. The minimum atomic E-state index is -0.0952. The van der Waals surface area contributed by atoms with Crippen LogP contribution < -0.4 is 5.32 Å². The number of aromatic nitrogens is 1. The lowest BCUT2D eigenvalue weighted by Crippen LogP contribution is -2.42. The highest BCUT2D eigenvalue weighted by Gasteiger charge is 2.32. The lowest BCUT2D eigenvalue weighted by atomic mass is 9.79. The molecule has 1 aromatic rings. The maximum absolute atomic E-state index is 12.5. The van der Waals surface area contributed by atoms with Crippen molar-refractivity contribution in [3.63, 3.8) is 0 Å². The second-order valence-corrected chi connectivity index (χ2v) is 6.80. The minimum absolute atomic E-state index is 0.0952. The van der Waals surface area contributed by atoms with E-state index >= 15 is 0 Å². The van der Waals surface area contributed by atoms with Gasteiger partial charge in [0.2, 0.25) is 0 Å². The second-order valence-electron chi connectivity index (χ2n) is 6.41. The number of carbonyl (C=O) groups excluding carboxylic acids is 1. The van der Waals surface area contributed by atoms with Gasteiger partial charge in [-0.15, -0.1) is 0 Å².